The number of esters is 1. The van der Waals surface area contributed by atoms with Gasteiger partial charge in [0.15, 0.2) is 23.9 Å². The van der Waals surface area contributed by atoms with Crippen LogP contribution in [0.5, 0.6) is 11.5 Å². The average molecular weight is 448 g/mol. The smallest absolute Gasteiger partial charge is 0.309 e. The zero-order valence-electron chi connectivity index (χ0n) is 17.3. The molecule has 0 spiro atoms. The molecule has 0 aliphatic carbocycles. The molecule has 3 rings (SSSR count). The Balaban J connectivity index is 1.53. The molecular weight excluding hydrogens is 424 g/mol. The van der Waals surface area contributed by atoms with Gasteiger partial charge in [0.1, 0.15) is 4.90 Å². The van der Waals surface area contributed by atoms with Gasteiger partial charge in [0.25, 0.3) is 0 Å². The fraction of sp³-hybridized carbons (Fsp3) is 0.381. The van der Waals surface area contributed by atoms with Crippen molar-refractivity contribution < 1.29 is 32.2 Å². The quantitative estimate of drug-likeness (QED) is 0.445. The molecule has 1 aromatic carbocycles. The number of piperidine rings is 1. The lowest BCUT2D eigenvalue weighted by Gasteiger charge is -2.29. The molecule has 1 aliphatic rings. The minimum atomic E-state index is -3.64. The number of carbonyl (C=O) groups excluding carboxylic acids is 2. The van der Waals surface area contributed by atoms with Gasteiger partial charge in [-0.05, 0) is 43.2 Å². The van der Waals surface area contributed by atoms with Crippen molar-refractivity contribution in [1.29, 1.82) is 0 Å². The van der Waals surface area contributed by atoms with Gasteiger partial charge in [0.05, 0.1) is 20.1 Å². The van der Waals surface area contributed by atoms with Gasteiger partial charge in [-0.25, -0.2) is 8.42 Å². The Kier molecular flexibility index (Phi) is 7.24. The van der Waals surface area contributed by atoms with Crippen molar-refractivity contribution in [3.05, 3.63) is 48.3 Å². The number of carbonyl (C=O) groups is 2. The monoisotopic (exact) mass is 448 g/mol. The average Bonchev–Trinajstić information content (AvgIpc) is 2.82. The molecule has 0 amide bonds. The van der Waals surface area contributed by atoms with Crippen molar-refractivity contribution in [2.45, 2.75) is 17.7 Å². The van der Waals surface area contributed by atoms with Crippen LogP contribution in [0, 0.1) is 5.92 Å². The predicted octanol–water partition coefficient (Wildman–Crippen LogP) is 1.93. The zero-order valence-corrected chi connectivity index (χ0v) is 18.1. The number of sulfonamides is 1. The number of Topliss-reactive ketones (excluding diaryl/α,β-unsaturated/α-hetero) is 1. The summed E-state index contributed by atoms with van der Waals surface area (Å²) in [6, 6.07) is 7.75. The fourth-order valence-electron chi connectivity index (χ4n) is 3.33. The van der Waals surface area contributed by atoms with E-state index in [1.165, 1.54) is 43.1 Å². The number of hydrogen-bond acceptors (Lipinski definition) is 8. The second kappa shape index (κ2) is 9.88. The summed E-state index contributed by atoms with van der Waals surface area (Å²) in [5.74, 6) is -0.442. The van der Waals surface area contributed by atoms with Crippen LogP contribution in [0.2, 0.25) is 0 Å². The maximum Gasteiger partial charge on any atom is 0.309 e. The third-order valence-electron chi connectivity index (χ3n) is 5.11. The lowest BCUT2D eigenvalue weighted by molar-refractivity contribution is -0.148. The highest BCUT2D eigenvalue weighted by Gasteiger charge is 2.33. The minimum absolute atomic E-state index is 0.122. The third-order valence-corrected chi connectivity index (χ3v) is 6.99. The molecule has 1 fully saturated rings. The number of aromatic nitrogens is 1. The first-order valence-corrected chi connectivity index (χ1v) is 11.1. The largest absolute Gasteiger partial charge is 0.493 e. The number of ketones is 1. The van der Waals surface area contributed by atoms with Crippen LogP contribution in [0.25, 0.3) is 0 Å². The summed E-state index contributed by atoms with van der Waals surface area (Å²) in [6.45, 7) is -0.0102. The molecule has 0 atom stereocenters. The summed E-state index contributed by atoms with van der Waals surface area (Å²) in [5, 5.41) is 0. The SMILES string of the molecule is COc1ccc(C(=O)COC(=O)C2CCN(S(=O)(=O)c3cccnc3)CC2)cc1OC. The van der Waals surface area contributed by atoms with Crippen LogP contribution in [-0.2, 0) is 19.6 Å². The van der Waals surface area contributed by atoms with Gasteiger partial charge >= 0.3 is 5.97 Å². The van der Waals surface area contributed by atoms with Crippen LogP contribution in [0.3, 0.4) is 0 Å². The topological polar surface area (TPSA) is 112 Å². The highest BCUT2D eigenvalue weighted by molar-refractivity contribution is 7.89. The maximum absolute atomic E-state index is 12.6. The van der Waals surface area contributed by atoms with Gasteiger partial charge < -0.3 is 14.2 Å². The molecule has 0 saturated carbocycles. The van der Waals surface area contributed by atoms with E-state index in [1.807, 2.05) is 0 Å². The van der Waals surface area contributed by atoms with Gasteiger partial charge in [0, 0.05) is 31.0 Å². The van der Waals surface area contributed by atoms with Crippen molar-refractivity contribution >= 4 is 21.8 Å². The number of methoxy groups -OCH3 is 2. The van der Waals surface area contributed by atoms with Gasteiger partial charge in [-0.2, -0.15) is 4.31 Å². The van der Waals surface area contributed by atoms with Crippen molar-refractivity contribution in [2.24, 2.45) is 5.92 Å². The number of pyridine rings is 1. The van der Waals surface area contributed by atoms with E-state index < -0.39 is 28.5 Å². The maximum atomic E-state index is 12.6. The van der Waals surface area contributed by atoms with Crippen LogP contribution >= 0.6 is 0 Å². The molecule has 0 radical (unpaired) electrons. The van der Waals surface area contributed by atoms with E-state index in [0.29, 0.717) is 29.9 Å². The summed E-state index contributed by atoms with van der Waals surface area (Å²) >= 11 is 0. The van der Waals surface area contributed by atoms with Gasteiger partial charge in [0.2, 0.25) is 10.0 Å². The minimum Gasteiger partial charge on any atom is -0.493 e. The number of nitrogens with zero attached hydrogens (tertiary/aromatic N) is 2. The normalized spacial score (nSPS) is 15.3. The Morgan fingerprint density at radius 2 is 1.81 bits per heavy atom. The van der Waals surface area contributed by atoms with Crippen molar-refractivity contribution in [3.8, 4) is 11.5 Å². The summed E-state index contributed by atoms with van der Waals surface area (Å²) in [7, 11) is -0.683. The Hall–Kier alpha value is -2.98. The molecule has 31 heavy (non-hydrogen) atoms. The molecule has 2 aromatic rings. The molecule has 0 unspecified atom stereocenters. The first-order chi connectivity index (χ1) is 14.9. The van der Waals surface area contributed by atoms with E-state index in [-0.39, 0.29) is 23.8 Å². The van der Waals surface area contributed by atoms with Gasteiger partial charge in [-0.15, -0.1) is 0 Å². The lowest BCUT2D eigenvalue weighted by Crippen LogP contribution is -2.40. The lowest BCUT2D eigenvalue weighted by atomic mass is 9.98. The highest BCUT2D eigenvalue weighted by Crippen LogP contribution is 2.28. The summed E-state index contributed by atoms with van der Waals surface area (Å²) in [5.41, 5.74) is 0.336. The van der Waals surface area contributed by atoms with Crippen LogP contribution in [0.15, 0.2) is 47.6 Å². The van der Waals surface area contributed by atoms with Crippen molar-refractivity contribution in [1.82, 2.24) is 9.29 Å². The van der Waals surface area contributed by atoms with Crippen LogP contribution < -0.4 is 9.47 Å². The van der Waals surface area contributed by atoms with E-state index >= 15 is 0 Å². The molecule has 9 nitrogen and oxygen atoms in total. The summed E-state index contributed by atoms with van der Waals surface area (Å²) < 4.78 is 42.1. The van der Waals surface area contributed by atoms with Gasteiger partial charge in [-0.3, -0.25) is 14.6 Å². The van der Waals surface area contributed by atoms with E-state index in [2.05, 4.69) is 4.98 Å². The van der Waals surface area contributed by atoms with E-state index in [1.54, 1.807) is 18.2 Å². The Morgan fingerprint density at radius 3 is 2.42 bits per heavy atom. The number of rotatable bonds is 8. The number of ether oxygens (including phenoxy) is 3. The zero-order chi connectivity index (χ0) is 22.4. The molecular formula is C21H24N2O7S. The van der Waals surface area contributed by atoms with E-state index in [4.69, 9.17) is 14.2 Å². The van der Waals surface area contributed by atoms with Crippen LogP contribution in [0.4, 0.5) is 0 Å². The first-order valence-electron chi connectivity index (χ1n) is 9.69. The second-order valence-electron chi connectivity index (χ2n) is 6.97. The van der Waals surface area contributed by atoms with Crippen LogP contribution in [-0.4, -0.2) is 63.4 Å². The third kappa shape index (κ3) is 5.20. The van der Waals surface area contributed by atoms with E-state index in [9.17, 15) is 18.0 Å². The molecule has 1 aromatic heterocycles. The fourth-order valence-corrected chi connectivity index (χ4v) is 4.76. The Morgan fingerprint density at radius 1 is 1.10 bits per heavy atom. The molecule has 1 aliphatic heterocycles. The number of benzene rings is 1. The second-order valence-corrected chi connectivity index (χ2v) is 8.91. The van der Waals surface area contributed by atoms with E-state index in [0.717, 1.165) is 0 Å². The van der Waals surface area contributed by atoms with Crippen molar-refractivity contribution in [3.63, 3.8) is 0 Å². The molecule has 10 heteroatoms. The highest BCUT2D eigenvalue weighted by atomic mass is 32.2. The molecule has 0 N–H and O–H groups in total. The summed E-state index contributed by atoms with van der Waals surface area (Å²) in [6.07, 6.45) is 3.45. The first kappa shape index (κ1) is 22.7. The molecule has 1 saturated heterocycles. The number of hydrogen-bond donors (Lipinski definition) is 0. The summed E-state index contributed by atoms with van der Waals surface area (Å²) in [4.78, 5) is 28.7. The predicted molar refractivity (Wildman–Crippen MR) is 111 cm³/mol. The van der Waals surface area contributed by atoms with Crippen molar-refractivity contribution in [2.75, 3.05) is 33.9 Å². The standard InChI is InChI=1S/C21H24N2O7S/c1-28-19-6-5-16(12-20(19)29-2)18(24)14-30-21(25)15-7-10-23(11-8-15)31(26,27)17-4-3-9-22-13-17/h3-6,9,12-13,15H,7-8,10-11,14H2,1-2H3. The Labute approximate surface area is 181 Å². The molecule has 166 valence electrons. The molecule has 0 bridgehead atoms. The van der Waals surface area contributed by atoms with Crippen LogP contribution in [0.1, 0.15) is 23.2 Å². The van der Waals surface area contributed by atoms with Gasteiger partial charge in [-0.1, -0.05) is 0 Å². The Bertz CT molecular complexity index is 1030. The molecule has 2 heterocycles.